The number of piperidine rings is 1. The minimum atomic E-state index is -0.925. The molecule has 0 amide bonds. The van der Waals surface area contributed by atoms with Crippen molar-refractivity contribution in [1.82, 2.24) is 25.1 Å². The molecule has 0 atom stereocenters. The highest BCUT2D eigenvalue weighted by atomic mass is 16.4. The maximum atomic E-state index is 10.6. The van der Waals surface area contributed by atoms with Crippen molar-refractivity contribution >= 4 is 5.97 Å². The molecule has 0 bridgehead atoms. The highest BCUT2D eigenvalue weighted by molar-refractivity contribution is 5.66. The molecule has 0 radical (unpaired) electrons. The van der Waals surface area contributed by atoms with Gasteiger partial charge in [-0.1, -0.05) is 6.92 Å². The second-order valence-electron chi connectivity index (χ2n) is 4.61. The average molecular weight is 239 g/mol. The van der Waals surface area contributed by atoms with Gasteiger partial charge in [-0.05, 0) is 42.3 Å². The Bertz CT molecular complexity index is 384. The fraction of sp³-hybridized carbons (Fsp3) is 0.800. The van der Waals surface area contributed by atoms with Crippen LogP contribution in [0.2, 0.25) is 0 Å². The van der Waals surface area contributed by atoms with Gasteiger partial charge in [-0.15, -0.1) is 5.10 Å². The molecule has 2 heterocycles. The van der Waals surface area contributed by atoms with Gasteiger partial charge in [0.15, 0.2) is 5.82 Å². The Balaban J connectivity index is 1.94. The number of rotatable bonds is 4. The molecule has 0 aliphatic carbocycles. The molecule has 1 aromatic rings. The van der Waals surface area contributed by atoms with E-state index in [2.05, 4.69) is 27.3 Å². The number of hydrogen-bond acceptors (Lipinski definition) is 5. The van der Waals surface area contributed by atoms with Gasteiger partial charge in [0.25, 0.3) is 0 Å². The summed E-state index contributed by atoms with van der Waals surface area (Å²) in [5, 5.41) is 19.8. The minimum Gasteiger partial charge on any atom is -0.480 e. The van der Waals surface area contributed by atoms with Crippen molar-refractivity contribution < 1.29 is 9.90 Å². The van der Waals surface area contributed by atoms with Crippen LogP contribution in [0.1, 0.15) is 25.6 Å². The number of tetrazole rings is 1. The lowest BCUT2D eigenvalue weighted by Crippen LogP contribution is -2.33. The lowest BCUT2D eigenvalue weighted by Gasteiger charge is -2.29. The molecule has 1 aliphatic rings. The summed E-state index contributed by atoms with van der Waals surface area (Å²) in [4.78, 5) is 12.9. The predicted molar refractivity (Wildman–Crippen MR) is 59.1 cm³/mol. The maximum Gasteiger partial charge on any atom is 0.325 e. The van der Waals surface area contributed by atoms with Crippen molar-refractivity contribution in [2.75, 3.05) is 13.1 Å². The van der Waals surface area contributed by atoms with E-state index in [1.54, 1.807) is 0 Å². The summed E-state index contributed by atoms with van der Waals surface area (Å²) in [6.45, 7) is 4.77. The Morgan fingerprint density at radius 3 is 2.82 bits per heavy atom. The lowest BCUT2D eigenvalue weighted by molar-refractivity contribution is -0.138. The van der Waals surface area contributed by atoms with Gasteiger partial charge < -0.3 is 5.11 Å². The fourth-order valence-corrected chi connectivity index (χ4v) is 2.01. The Hall–Kier alpha value is -1.50. The van der Waals surface area contributed by atoms with Gasteiger partial charge in [0, 0.05) is 0 Å². The topological polar surface area (TPSA) is 84.1 Å². The van der Waals surface area contributed by atoms with Gasteiger partial charge >= 0.3 is 5.97 Å². The van der Waals surface area contributed by atoms with Crippen LogP contribution in [-0.4, -0.2) is 49.3 Å². The van der Waals surface area contributed by atoms with Crippen molar-refractivity contribution in [3.8, 4) is 0 Å². The smallest absolute Gasteiger partial charge is 0.325 e. The lowest BCUT2D eigenvalue weighted by atomic mass is 9.99. The van der Waals surface area contributed by atoms with Crippen LogP contribution in [0, 0.1) is 5.92 Å². The molecule has 94 valence electrons. The van der Waals surface area contributed by atoms with E-state index in [0.717, 1.165) is 19.0 Å². The summed E-state index contributed by atoms with van der Waals surface area (Å²) in [6.07, 6.45) is 2.36. The van der Waals surface area contributed by atoms with E-state index in [1.165, 1.54) is 17.5 Å². The maximum absolute atomic E-state index is 10.6. The quantitative estimate of drug-likeness (QED) is 0.795. The third-order valence-electron chi connectivity index (χ3n) is 3.13. The van der Waals surface area contributed by atoms with Gasteiger partial charge in [0.2, 0.25) is 0 Å². The monoisotopic (exact) mass is 239 g/mol. The van der Waals surface area contributed by atoms with Crippen LogP contribution < -0.4 is 0 Å². The predicted octanol–water partition coefficient (Wildman–Crippen LogP) is -0.0104. The molecule has 1 aromatic heterocycles. The van der Waals surface area contributed by atoms with Crippen LogP contribution in [0.25, 0.3) is 0 Å². The van der Waals surface area contributed by atoms with E-state index in [1.807, 2.05) is 0 Å². The largest absolute Gasteiger partial charge is 0.480 e. The first-order chi connectivity index (χ1) is 8.15. The number of carboxylic acids is 1. The molecule has 17 heavy (non-hydrogen) atoms. The van der Waals surface area contributed by atoms with Crippen molar-refractivity contribution in [2.45, 2.75) is 32.9 Å². The number of nitrogens with zero attached hydrogens (tertiary/aromatic N) is 5. The first-order valence-corrected chi connectivity index (χ1v) is 5.84. The van der Waals surface area contributed by atoms with Gasteiger partial charge in [-0.2, -0.15) is 0 Å². The van der Waals surface area contributed by atoms with E-state index in [9.17, 15) is 4.79 Å². The Morgan fingerprint density at radius 1 is 1.47 bits per heavy atom. The highest BCUT2D eigenvalue weighted by Gasteiger charge is 2.18. The van der Waals surface area contributed by atoms with Crippen molar-refractivity contribution in [2.24, 2.45) is 5.92 Å². The third-order valence-corrected chi connectivity index (χ3v) is 3.13. The van der Waals surface area contributed by atoms with Crippen LogP contribution in [0.15, 0.2) is 0 Å². The molecule has 2 rings (SSSR count). The molecule has 0 unspecified atom stereocenters. The van der Waals surface area contributed by atoms with E-state index in [4.69, 9.17) is 5.11 Å². The SMILES string of the molecule is CC1CCN(Cc2nnnn2CC(=O)O)CC1. The molecule has 1 aliphatic heterocycles. The van der Waals surface area contributed by atoms with Gasteiger partial charge in [-0.3, -0.25) is 9.69 Å². The number of likely N-dealkylation sites (tertiary alicyclic amines) is 1. The van der Waals surface area contributed by atoms with Gasteiger partial charge in [0.1, 0.15) is 6.54 Å². The standard InChI is InChI=1S/C10H17N5O2/c1-8-2-4-14(5-3-8)6-9-11-12-13-15(9)7-10(16)17/h8H,2-7H2,1H3,(H,16,17). The Morgan fingerprint density at radius 2 is 2.18 bits per heavy atom. The molecular formula is C10H17N5O2. The molecular weight excluding hydrogens is 222 g/mol. The zero-order chi connectivity index (χ0) is 12.3. The molecule has 0 saturated carbocycles. The second kappa shape index (κ2) is 5.22. The highest BCUT2D eigenvalue weighted by Crippen LogP contribution is 2.17. The first kappa shape index (κ1) is 12.0. The molecule has 0 aromatic carbocycles. The van der Waals surface area contributed by atoms with E-state index in [0.29, 0.717) is 12.4 Å². The van der Waals surface area contributed by atoms with E-state index >= 15 is 0 Å². The number of carboxylic acid groups (broad SMARTS) is 1. The fourth-order valence-electron chi connectivity index (χ4n) is 2.01. The van der Waals surface area contributed by atoms with Crippen molar-refractivity contribution in [3.05, 3.63) is 5.82 Å². The van der Waals surface area contributed by atoms with Crippen LogP contribution in [0.3, 0.4) is 0 Å². The summed E-state index contributed by atoms with van der Waals surface area (Å²) >= 11 is 0. The molecule has 1 saturated heterocycles. The van der Waals surface area contributed by atoms with Crippen LogP contribution in [-0.2, 0) is 17.9 Å². The number of aromatic nitrogens is 4. The second-order valence-corrected chi connectivity index (χ2v) is 4.61. The van der Waals surface area contributed by atoms with Crippen LogP contribution in [0.5, 0.6) is 0 Å². The summed E-state index contributed by atoms with van der Waals surface area (Å²) in [5.74, 6) is 0.481. The minimum absolute atomic E-state index is 0.174. The normalized spacial score (nSPS) is 18.4. The van der Waals surface area contributed by atoms with Crippen LogP contribution >= 0.6 is 0 Å². The van der Waals surface area contributed by atoms with Crippen LogP contribution in [0.4, 0.5) is 0 Å². The van der Waals surface area contributed by atoms with E-state index in [-0.39, 0.29) is 6.54 Å². The third kappa shape index (κ3) is 3.23. The summed E-state index contributed by atoms with van der Waals surface area (Å²) in [5.41, 5.74) is 0. The summed E-state index contributed by atoms with van der Waals surface area (Å²) < 4.78 is 1.35. The van der Waals surface area contributed by atoms with E-state index < -0.39 is 5.97 Å². The number of aliphatic carboxylic acids is 1. The Labute approximate surface area is 99.4 Å². The van der Waals surface area contributed by atoms with Crippen molar-refractivity contribution in [3.63, 3.8) is 0 Å². The first-order valence-electron chi connectivity index (χ1n) is 5.84. The zero-order valence-electron chi connectivity index (χ0n) is 9.91. The summed E-state index contributed by atoms with van der Waals surface area (Å²) in [7, 11) is 0. The van der Waals surface area contributed by atoms with Gasteiger partial charge in [-0.25, -0.2) is 4.68 Å². The molecule has 7 heteroatoms. The van der Waals surface area contributed by atoms with Crippen molar-refractivity contribution in [1.29, 1.82) is 0 Å². The Kier molecular flexibility index (Phi) is 3.68. The average Bonchev–Trinajstić information content (AvgIpc) is 2.68. The molecule has 1 N–H and O–H groups in total. The van der Waals surface area contributed by atoms with Gasteiger partial charge in [0.05, 0.1) is 6.54 Å². The number of hydrogen-bond donors (Lipinski definition) is 1. The molecule has 7 nitrogen and oxygen atoms in total. The molecule has 1 fully saturated rings. The molecule has 0 spiro atoms. The zero-order valence-corrected chi connectivity index (χ0v) is 9.91. The summed E-state index contributed by atoms with van der Waals surface area (Å²) in [6, 6.07) is 0. The number of carbonyl (C=O) groups is 1.